The number of hydrogen-bond donors (Lipinski definition) is 0. The molecule has 1 aliphatic heterocycles. The van der Waals surface area contributed by atoms with Gasteiger partial charge < -0.3 is 9.26 Å². The second-order valence-corrected chi connectivity index (χ2v) is 7.72. The molecule has 6 nitrogen and oxygen atoms in total. The lowest BCUT2D eigenvalue weighted by atomic mass is 10.3. The van der Waals surface area contributed by atoms with Crippen LogP contribution in [-0.4, -0.2) is 44.2 Å². The average molecular weight is 314 g/mol. The number of hydrogen-bond acceptors (Lipinski definition) is 6. The van der Waals surface area contributed by atoms with Crippen LogP contribution in [0.25, 0.3) is 10.6 Å². The van der Waals surface area contributed by atoms with Gasteiger partial charge in [0.2, 0.25) is 0 Å². The van der Waals surface area contributed by atoms with E-state index in [1.54, 1.807) is 18.2 Å². The fourth-order valence-electron chi connectivity index (χ4n) is 1.99. The van der Waals surface area contributed by atoms with Crippen molar-refractivity contribution in [2.75, 3.05) is 26.3 Å². The van der Waals surface area contributed by atoms with Crippen molar-refractivity contribution in [2.24, 2.45) is 0 Å². The Bertz CT molecular complexity index is 699. The highest BCUT2D eigenvalue weighted by Crippen LogP contribution is 2.32. The van der Waals surface area contributed by atoms with E-state index in [-0.39, 0.29) is 0 Å². The number of rotatable bonds is 3. The predicted octanol–water partition coefficient (Wildman–Crippen LogP) is 1.73. The summed E-state index contributed by atoms with van der Waals surface area (Å²) in [6.45, 7) is 3.51. The minimum absolute atomic E-state index is 0.323. The van der Waals surface area contributed by atoms with Gasteiger partial charge in [0, 0.05) is 19.2 Å². The molecule has 0 spiro atoms. The normalized spacial score (nSPS) is 17.4. The topological polar surface area (TPSA) is 72.6 Å². The lowest BCUT2D eigenvalue weighted by Gasteiger charge is -2.25. The number of nitrogens with zero attached hydrogens (tertiary/aromatic N) is 2. The molecule has 108 valence electrons. The minimum Gasteiger partial charge on any atom is -0.379 e. The van der Waals surface area contributed by atoms with Crippen molar-refractivity contribution in [3.63, 3.8) is 0 Å². The van der Waals surface area contributed by atoms with Crippen LogP contribution in [0.15, 0.2) is 26.9 Å². The quantitative estimate of drug-likeness (QED) is 0.862. The van der Waals surface area contributed by atoms with Crippen LogP contribution in [-0.2, 0) is 14.8 Å². The molecule has 1 fully saturated rings. The van der Waals surface area contributed by atoms with Crippen LogP contribution in [0.5, 0.6) is 0 Å². The third-order valence-corrected chi connectivity index (χ3v) is 6.48. The van der Waals surface area contributed by atoms with E-state index in [0.717, 1.165) is 10.6 Å². The molecule has 8 heteroatoms. The van der Waals surface area contributed by atoms with Gasteiger partial charge in [0.1, 0.15) is 4.21 Å². The molecule has 20 heavy (non-hydrogen) atoms. The monoisotopic (exact) mass is 314 g/mol. The van der Waals surface area contributed by atoms with Crippen LogP contribution in [0.1, 0.15) is 5.69 Å². The Balaban J connectivity index is 1.89. The molecule has 3 heterocycles. The summed E-state index contributed by atoms with van der Waals surface area (Å²) in [4.78, 5) is 0.762. The van der Waals surface area contributed by atoms with Gasteiger partial charge in [-0.2, -0.15) is 4.31 Å². The zero-order chi connectivity index (χ0) is 14.2. The first kappa shape index (κ1) is 13.7. The van der Waals surface area contributed by atoms with Gasteiger partial charge in [-0.25, -0.2) is 8.42 Å². The minimum atomic E-state index is -3.43. The van der Waals surface area contributed by atoms with E-state index in [4.69, 9.17) is 9.26 Å². The maximum atomic E-state index is 12.5. The van der Waals surface area contributed by atoms with E-state index in [0.29, 0.717) is 36.3 Å². The molecule has 3 rings (SSSR count). The molecule has 1 aliphatic rings. The highest BCUT2D eigenvalue weighted by Gasteiger charge is 2.28. The first-order valence-electron chi connectivity index (χ1n) is 6.19. The fraction of sp³-hybridized carbons (Fsp3) is 0.417. The number of sulfonamides is 1. The molecule has 0 unspecified atom stereocenters. The molecule has 0 atom stereocenters. The van der Waals surface area contributed by atoms with E-state index in [1.165, 1.54) is 15.6 Å². The third-order valence-electron chi connectivity index (χ3n) is 3.02. The van der Waals surface area contributed by atoms with E-state index < -0.39 is 10.0 Å². The van der Waals surface area contributed by atoms with Gasteiger partial charge in [-0.1, -0.05) is 5.16 Å². The second-order valence-electron chi connectivity index (χ2n) is 4.47. The molecule has 0 radical (unpaired) electrons. The van der Waals surface area contributed by atoms with Crippen LogP contribution in [0.2, 0.25) is 0 Å². The van der Waals surface area contributed by atoms with Crippen LogP contribution in [0, 0.1) is 6.92 Å². The maximum absolute atomic E-state index is 12.5. The Morgan fingerprint density at radius 3 is 2.70 bits per heavy atom. The van der Waals surface area contributed by atoms with Crippen molar-refractivity contribution >= 4 is 21.4 Å². The summed E-state index contributed by atoms with van der Waals surface area (Å²) in [5.74, 6) is 0.593. The second kappa shape index (κ2) is 5.28. The summed E-state index contributed by atoms with van der Waals surface area (Å²) in [7, 11) is -3.43. The number of aryl methyl sites for hydroxylation is 1. The molecule has 2 aromatic rings. The van der Waals surface area contributed by atoms with Gasteiger partial charge in [-0.3, -0.25) is 0 Å². The van der Waals surface area contributed by atoms with E-state index in [2.05, 4.69) is 5.16 Å². The summed E-state index contributed by atoms with van der Waals surface area (Å²) in [5, 5.41) is 3.81. The summed E-state index contributed by atoms with van der Waals surface area (Å²) in [6.07, 6.45) is 0. The van der Waals surface area contributed by atoms with Crippen molar-refractivity contribution in [3.05, 3.63) is 23.9 Å². The van der Waals surface area contributed by atoms with Crippen LogP contribution in [0.4, 0.5) is 0 Å². The number of ether oxygens (including phenoxy) is 1. The fourth-order valence-corrected chi connectivity index (χ4v) is 4.80. The smallest absolute Gasteiger partial charge is 0.252 e. The molecule has 0 aromatic carbocycles. The van der Waals surface area contributed by atoms with E-state index in [9.17, 15) is 8.42 Å². The van der Waals surface area contributed by atoms with Gasteiger partial charge in [-0.05, 0) is 19.1 Å². The Morgan fingerprint density at radius 1 is 1.30 bits per heavy atom. The molecule has 2 aromatic heterocycles. The number of morpholine rings is 1. The molecule has 0 aliphatic carbocycles. The van der Waals surface area contributed by atoms with Crippen molar-refractivity contribution in [1.29, 1.82) is 0 Å². The molecule has 1 saturated heterocycles. The zero-order valence-corrected chi connectivity index (χ0v) is 12.5. The van der Waals surface area contributed by atoms with E-state index in [1.807, 2.05) is 6.92 Å². The molecule has 0 N–H and O–H groups in total. The SMILES string of the molecule is Cc1cc(-c2ccc(S(=O)(=O)N3CCOCC3)s2)on1. The summed E-state index contributed by atoms with van der Waals surface area (Å²) < 4.78 is 37.1. The van der Waals surface area contributed by atoms with Gasteiger partial charge in [0.15, 0.2) is 5.76 Å². The lowest BCUT2D eigenvalue weighted by Crippen LogP contribution is -2.40. The molecular weight excluding hydrogens is 300 g/mol. The Hall–Kier alpha value is -1.22. The number of aromatic nitrogens is 1. The highest BCUT2D eigenvalue weighted by atomic mass is 32.2. The van der Waals surface area contributed by atoms with Crippen molar-refractivity contribution in [2.45, 2.75) is 11.1 Å². The van der Waals surface area contributed by atoms with Gasteiger partial charge in [0.05, 0.1) is 23.8 Å². The third kappa shape index (κ3) is 2.51. The van der Waals surface area contributed by atoms with Gasteiger partial charge in [0.25, 0.3) is 10.0 Å². The Kier molecular flexibility index (Phi) is 3.63. The van der Waals surface area contributed by atoms with Gasteiger partial charge in [-0.15, -0.1) is 11.3 Å². The standard InChI is InChI=1S/C12H14N2O4S2/c1-9-8-10(18-13-9)11-2-3-12(19-11)20(15,16)14-4-6-17-7-5-14/h2-3,8H,4-7H2,1H3. The first-order chi connectivity index (χ1) is 9.57. The molecular formula is C12H14N2O4S2. The molecule has 0 saturated carbocycles. The van der Waals surface area contributed by atoms with Crippen LogP contribution >= 0.6 is 11.3 Å². The Labute approximate surface area is 121 Å². The van der Waals surface area contributed by atoms with Crippen molar-refractivity contribution in [1.82, 2.24) is 9.46 Å². The largest absolute Gasteiger partial charge is 0.379 e. The average Bonchev–Trinajstić information content (AvgIpc) is 3.08. The van der Waals surface area contributed by atoms with Crippen molar-refractivity contribution < 1.29 is 17.7 Å². The zero-order valence-electron chi connectivity index (χ0n) is 10.9. The van der Waals surface area contributed by atoms with E-state index >= 15 is 0 Å². The summed E-state index contributed by atoms with van der Waals surface area (Å²) >= 11 is 1.20. The highest BCUT2D eigenvalue weighted by molar-refractivity contribution is 7.91. The van der Waals surface area contributed by atoms with Crippen molar-refractivity contribution in [3.8, 4) is 10.6 Å². The Morgan fingerprint density at radius 2 is 2.05 bits per heavy atom. The number of thiophene rings is 1. The first-order valence-corrected chi connectivity index (χ1v) is 8.44. The van der Waals surface area contributed by atoms with Crippen LogP contribution < -0.4 is 0 Å². The lowest BCUT2D eigenvalue weighted by molar-refractivity contribution is 0.0731. The van der Waals surface area contributed by atoms with Gasteiger partial charge >= 0.3 is 0 Å². The van der Waals surface area contributed by atoms with Crippen LogP contribution in [0.3, 0.4) is 0 Å². The summed E-state index contributed by atoms with van der Waals surface area (Å²) in [5.41, 5.74) is 0.769. The predicted molar refractivity (Wildman–Crippen MR) is 74.1 cm³/mol. The summed E-state index contributed by atoms with van der Waals surface area (Å²) in [6, 6.07) is 5.15. The molecule has 0 amide bonds. The maximum Gasteiger partial charge on any atom is 0.252 e. The molecule has 0 bridgehead atoms.